The molecule has 18 aromatic carbocycles. The molecule has 6 aliphatic carbocycles. The van der Waals surface area contributed by atoms with Crippen molar-refractivity contribution in [2.75, 3.05) is 15.1 Å². The van der Waals surface area contributed by atoms with Crippen LogP contribution < -0.4 is 15.1 Å². The fourth-order valence-electron chi connectivity index (χ4n) is 22.9. The predicted molar refractivity (Wildman–Crippen MR) is 589 cm³/mol. The van der Waals surface area contributed by atoms with E-state index >= 15 is 0 Å². The first-order valence-corrected chi connectivity index (χ1v) is 49.6. The summed E-state index contributed by atoms with van der Waals surface area (Å²) in [6.45, 7) is 41.0. The molecular formula is C131H119Br2N3. The van der Waals surface area contributed by atoms with Crippen LogP contribution in [0.5, 0.6) is 0 Å². The van der Waals surface area contributed by atoms with Crippen molar-refractivity contribution in [3.8, 4) is 89.0 Å². The summed E-state index contributed by atoms with van der Waals surface area (Å²) in [5, 5.41) is 8.87. The molecule has 672 valence electrons. The lowest BCUT2D eigenvalue weighted by Crippen LogP contribution is -2.26. The van der Waals surface area contributed by atoms with E-state index < -0.39 is 5.41 Å². The van der Waals surface area contributed by atoms with Crippen molar-refractivity contribution in [1.29, 1.82) is 0 Å². The Morgan fingerprint density at radius 3 is 0.735 bits per heavy atom. The summed E-state index contributed by atoms with van der Waals surface area (Å²) in [5.41, 5.74) is 48.4. The second kappa shape index (κ2) is 32.5. The number of hydrogen-bond acceptors (Lipinski definition) is 3. The Morgan fingerprint density at radius 2 is 0.441 bits per heavy atom. The molecule has 0 fully saturated rings. The monoisotopic (exact) mass is 1890 g/mol. The van der Waals surface area contributed by atoms with E-state index in [9.17, 15) is 0 Å². The fourth-order valence-corrected chi connectivity index (χ4v) is 23.6. The van der Waals surface area contributed by atoms with Gasteiger partial charge in [0.25, 0.3) is 0 Å². The zero-order valence-electron chi connectivity index (χ0n) is 80.8. The van der Waals surface area contributed by atoms with Gasteiger partial charge in [-0.3, -0.25) is 0 Å². The van der Waals surface area contributed by atoms with E-state index in [1.807, 2.05) is 0 Å². The summed E-state index contributed by atoms with van der Waals surface area (Å²) in [6, 6.07) is 138. The first-order chi connectivity index (χ1) is 64.5. The highest BCUT2D eigenvalue weighted by molar-refractivity contribution is 9.10. The molecule has 0 aromatic heterocycles. The lowest BCUT2D eigenvalue weighted by molar-refractivity contribution is 0.590. The normalized spacial score (nSPS) is 13.6. The molecule has 0 saturated heterocycles. The average molecular weight is 1900 g/mol. The predicted octanol–water partition coefficient (Wildman–Crippen LogP) is 38.0. The number of halogens is 2. The second-order valence-electron chi connectivity index (χ2n) is 44.3. The Bertz CT molecular complexity index is 7450. The minimum absolute atomic E-state index is 0. The van der Waals surface area contributed by atoms with Crippen LogP contribution >= 0.6 is 31.9 Å². The van der Waals surface area contributed by atoms with Gasteiger partial charge in [0.05, 0.1) is 10.8 Å². The third-order valence-electron chi connectivity index (χ3n) is 29.8. The largest absolute Gasteiger partial charge is 0.356 e. The lowest BCUT2D eigenvalue weighted by Gasteiger charge is -2.34. The molecule has 0 saturated carbocycles. The average Bonchev–Trinajstić information content (AvgIpc) is 1.49. The highest BCUT2D eigenvalue weighted by Crippen LogP contribution is 2.70. The first kappa shape index (κ1) is 89.4. The van der Waals surface area contributed by atoms with Crippen molar-refractivity contribution in [3.05, 3.63) is 451 Å². The number of nitrogens with one attached hydrogen (secondary N) is 1. The molecule has 1 N–H and O–H groups in total. The van der Waals surface area contributed by atoms with Crippen LogP contribution in [0, 0.1) is 0 Å². The van der Waals surface area contributed by atoms with E-state index in [-0.39, 0.29) is 45.3 Å². The van der Waals surface area contributed by atoms with Gasteiger partial charge in [0.1, 0.15) is 0 Å². The summed E-state index contributed by atoms with van der Waals surface area (Å²) in [5.74, 6) is 0. The molecule has 0 aliphatic heterocycles. The number of nitrogens with zero attached hydrogens (tertiary/aromatic N) is 2. The molecule has 3 nitrogen and oxygen atoms in total. The highest BCUT2D eigenvalue weighted by Gasteiger charge is 2.56. The van der Waals surface area contributed by atoms with Gasteiger partial charge >= 0.3 is 0 Å². The first-order valence-electron chi connectivity index (χ1n) is 48.1. The second-order valence-corrected chi connectivity index (χ2v) is 46.1. The van der Waals surface area contributed by atoms with Crippen LogP contribution in [0.25, 0.3) is 111 Å². The third-order valence-corrected chi connectivity index (χ3v) is 30.8. The summed E-state index contributed by atoms with van der Waals surface area (Å²) in [4.78, 5) is 4.96. The molecule has 0 heterocycles. The van der Waals surface area contributed by atoms with E-state index in [4.69, 9.17) is 0 Å². The summed E-state index contributed by atoms with van der Waals surface area (Å²) >= 11 is 7.65. The van der Waals surface area contributed by atoms with E-state index in [2.05, 4.69) is 536 Å². The molecule has 24 rings (SSSR count). The molecule has 136 heavy (non-hydrogen) atoms. The van der Waals surface area contributed by atoms with Gasteiger partial charge in [-0.05, 0) is 354 Å². The third kappa shape index (κ3) is 14.4. The van der Waals surface area contributed by atoms with Gasteiger partial charge in [0.2, 0.25) is 0 Å². The number of anilines is 8. The van der Waals surface area contributed by atoms with Gasteiger partial charge in [0.15, 0.2) is 0 Å². The Labute approximate surface area is 822 Å². The van der Waals surface area contributed by atoms with E-state index in [1.54, 1.807) is 0 Å². The SMILES string of the molecule is Brc1ccc2c(c1)C1(c3cc(Br)ccc3-2)c2ccccc2-c2c1cc1c3c(cccc23)-c2ccccc2-1.C.CC(C)(C)c1ccc(N(c2ccc(C(C)(C)C)cc2)c2ccc3c(c2)C2(c4cc(N(c5ccc(C(C)(C)C)cc5)c5ccc(C(C)(C)C)cc5)ccc4-3)c3ccccc3-c3c2cc2c4c(cccc34)-c3ccccc3-2)cc1.CC(C)(C)c1ccc(Nc2ccc(C(C)(C)C)cc2)cc1. The van der Waals surface area contributed by atoms with Crippen LogP contribution in [0.4, 0.5) is 45.5 Å². The van der Waals surface area contributed by atoms with Crippen LogP contribution in [-0.2, 0) is 43.3 Å². The number of hydrogen-bond donors (Lipinski definition) is 1. The minimum atomic E-state index is -0.670. The summed E-state index contributed by atoms with van der Waals surface area (Å²) < 4.78 is 2.22. The Balaban J connectivity index is 0.000000153. The quantitative estimate of drug-likeness (QED) is 0.164. The number of fused-ring (bicyclic) bond motifs is 28. The van der Waals surface area contributed by atoms with Crippen LogP contribution in [0.1, 0.15) is 210 Å². The Kier molecular flexibility index (Phi) is 21.4. The van der Waals surface area contributed by atoms with Gasteiger partial charge < -0.3 is 15.1 Å². The molecule has 0 radical (unpaired) electrons. The van der Waals surface area contributed by atoms with Crippen molar-refractivity contribution in [1.82, 2.24) is 0 Å². The Hall–Kier alpha value is -13.2. The van der Waals surface area contributed by atoms with Gasteiger partial charge in [-0.15, -0.1) is 0 Å². The zero-order chi connectivity index (χ0) is 93.7. The minimum Gasteiger partial charge on any atom is -0.356 e. The van der Waals surface area contributed by atoms with Crippen LogP contribution in [0.15, 0.2) is 373 Å². The van der Waals surface area contributed by atoms with Crippen molar-refractivity contribution >= 4 is 98.9 Å². The summed E-state index contributed by atoms with van der Waals surface area (Å²) in [6.07, 6.45) is 0. The smallest absolute Gasteiger partial charge is 0.0727 e. The topological polar surface area (TPSA) is 18.5 Å². The van der Waals surface area contributed by atoms with E-state index in [1.165, 1.54) is 188 Å². The van der Waals surface area contributed by atoms with Crippen LogP contribution in [0.2, 0.25) is 0 Å². The standard InChI is InChI=1S/C75H70N2.C35H18Br2.C20H27N.CH4/c1-71(2,3)47-24-32-51(33-25-47)76(52-34-26-48(27-35-52)72(4,5)6)55-40-42-59-60-43-41-56(77(53-36-28-49(29-37-53)73(7,8)9)54-38-30-50(31-39-54)74(10,11)12)45-67(60)75(66(59)44-55)65-23-16-15-20-62(65)70-63-22-17-21-61-57-18-13-14-19-58(57)64(69(61)63)46-68(70)75;36-19-12-14-23-24-15-13-20(37)17-31(24)35(30(23)16-19)29-11-4-3-8-26(29)34-27-10-5-9-25-21-6-1-2-7-22(21)28(33(25)27)18-32(34)35;1-19(2,3)15-7-11-17(12-8-15)21-18-13-9-16(10-14-18)20(4,5)6;/h13-46H,1-12H3;1-18H;7-14,21H,1-6H3;1H4. The van der Waals surface area contributed by atoms with E-state index in [0.717, 1.165) is 54.4 Å². The molecule has 6 aliphatic rings. The molecule has 0 atom stereocenters. The van der Waals surface area contributed by atoms with Crippen LogP contribution in [-0.4, -0.2) is 0 Å². The molecule has 0 unspecified atom stereocenters. The molecule has 5 heteroatoms. The van der Waals surface area contributed by atoms with Crippen molar-refractivity contribution < 1.29 is 0 Å². The van der Waals surface area contributed by atoms with Crippen LogP contribution in [0.3, 0.4) is 0 Å². The molecule has 18 aromatic rings. The molecule has 2 spiro atoms. The zero-order valence-corrected chi connectivity index (χ0v) is 84.0. The van der Waals surface area contributed by atoms with Gasteiger partial charge in [-0.2, -0.15) is 0 Å². The maximum Gasteiger partial charge on any atom is 0.0727 e. The highest BCUT2D eigenvalue weighted by atomic mass is 79.9. The van der Waals surface area contributed by atoms with Gasteiger partial charge in [-0.1, -0.05) is 394 Å². The summed E-state index contributed by atoms with van der Waals surface area (Å²) in [7, 11) is 0. The van der Waals surface area contributed by atoms with Gasteiger partial charge in [-0.25, -0.2) is 0 Å². The maximum atomic E-state index is 3.82. The molecule has 0 bridgehead atoms. The molecule has 0 amide bonds. The number of rotatable bonds is 8. The number of benzene rings is 18. The lowest BCUT2D eigenvalue weighted by atomic mass is 9.70. The Morgan fingerprint density at radius 1 is 0.199 bits per heavy atom. The van der Waals surface area contributed by atoms with Crippen molar-refractivity contribution in [2.24, 2.45) is 0 Å². The van der Waals surface area contributed by atoms with Gasteiger partial charge in [0, 0.05) is 54.4 Å². The van der Waals surface area contributed by atoms with Crippen molar-refractivity contribution in [3.63, 3.8) is 0 Å². The fraction of sp³-hybridized carbons (Fsp3) is 0.206. The van der Waals surface area contributed by atoms with E-state index in [0.29, 0.717) is 0 Å². The van der Waals surface area contributed by atoms with Crippen molar-refractivity contribution in [2.45, 2.75) is 175 Å². The molecular weight excluding hydrogens is 1780 g/mol. The maximum absolute atomic E-state index is 3.82.